The van der Waals surface area contributed by atoms with Crippen molar-refractivity contribution in [3.63, 3.8) is 0 Å². The number of rotatable bonds is 34. The van der Waals surface area contributed by atoms with Crippen molar-refractivity contribution in [2.45, 2.75) is 131 Å². The lowest BCUT2D eigenvalue weighted by molar-refractivity contribution is -0.145. The van der Waals surface area contributed by atoms with Crippen molar-refractivity contribution in [2.75, 3.05) is 80.3 Å². The third-order valence-corrected chi connectivity index (χ3v) is 11.4. The average molecular weight is 1030 g/mol. The highest BCUT2D eigenvalue weighted by molar-refractivity contribution is 5.85. The van der Waals surface area contributed by atoms with Crippen LogP contribution in [0.3, 0.4) is 0 Å². The maximum Gasteiger partial charge on any atom is 0.337 e. The Morgan fingerprint density at radius 3 is 1.08 bits per heavy atom. The first-order valence-electron chi connectivity index (χ1n) is 24.0. The fourth-order valence-electron chi connectivity index (χ4n) is 7.40. The number of urea groups is 2. The van der Waals surface area contributed by atoms with E-state index in [2.05, 4.69) is 4.74 Å². The average Bonchev–Trinajstić information content (AvgIpc) is 3.78. The van der Waals surface area contributed by atoms with Gasteiger partial charge in [0.1, 0.15) is 53.2 Å². The van der Waals surface area contributed by atoms with E-state index in [1.165, 1.54) is 19.6 Å². The van der Waals surface area contributed by atoms with Crippen LogP contribution in [0.25, 0.3) is 0 Å². The zero-order valence-corrected chi connectivity index (χ0v) is 41.6. The Morgan fingerprint density at radius 2 is 0.722 bits per heavy atom. The zero-order valence-electron chi connectivity index (χ0n) is 41.6. The van der Waals surface area contributed by atoms with Crippen LogP contribution in [-0.2, 0) is 86.8 Å². The number of carbonyl (C=O) groups is 5. The highest BCUT2D eigenvalue weighted by Crippen LogP contribution is 2.35. The second-order valence-corrected chi connectivity index (χ2v) is 16.5. The monoisotopic (exact) mass is 1030 g/mol. The number of methoxy groups -OCH3 is 1. The molecule has 4 heterocycles. The molecule has 2 atom stereocenters. The fourth-order valence-corrected chi connectivity index (χ4v) is 7.40. The number of fused-ring (bicyclic) bond motifs is 1. The standard InChI is InChI=1S/C43H68N10O19/c1-6-10-18-67-27-50-34-35(52(42(50)64)29-69-20-12-8-3)53(43(65)51(34)28-68-19-11-7-2)30-70-22-15-45-36(58)44(14-17-54)37(59)46(38(45)60)16-23-72-33(57)26-49-40(62)47(24-31(55)66-5)39(61)48(41(49)63)25-32(56)71-21-13-9-4/h34-35,54H,6-30H2,1-5H3. The summed E-state index contributed by atoms with van der Waals surface area (Å²) in [7, 11) is 0.972. The number of esters is 3. The van der Waals surface area contributed by atoms with Gasteiger partial charge in [-0.3, -0.25) is 34.0 Å². The van der Waals surface area contributed by atoms with Crippen molar-refractivity contribution in [1.82, 2.24) is 47.0 Å². The lowest BCUT2D eigenvalue weighted by Crippen LogP contribution is -2.56. The molecular formula is C43H68N10O19. The number of unbranched alkanes of at least 4 members (excludes halogenated alkanes) is 4. The highest BCUT2D eigenvalue weighted by Gasteiger charge is 2.59. The van der Waals surface area contributed by atoms with E-state index in [9.17, 15) is 57.8 Å². The Bertz CT molecular complexity index is 2520. The molecule has 4 rings (SSSR count). The fraction of sp³-hybridized carbons (Fsp3) is 0.744. The van der Waals surface area contributed by atoms with E-state index < -0.39 is 142 Å². The van der Waals surface area contributed by atoms with E-state index in [0.717, 1.165) is 45.6 Å². The first kappa shape index (κ1) is 58.1. The molecule has 0 bridgehead atoms. The molecule has 0 saturated carbocycles. The Balaban J connectivity index is 1.54. The Hall–Kier alpha value is -6.43. The Morgan fingerprint density at radius 1 is 0.417 bits per heavy atom. The topological polar surface area (TPSA) is 315 Å². The van der Waals surface area contributed by atoms with Crippen molar-refractivity contribution < 1.29 is 62.2 Å². The summed E-state index contributed by atoms with van der Waals surface area (Å²) in [5, 5.41) is 9.70. The van der Waals surface area contributed by atoms with Crippen LogP contribution in [-0.4, -0.2) is 175 Å². The summed E-state index contributed by atoms with van der Waals surface area (Å²) in [6, 6.07) is -0.994. The first-order chi connectivity index (χ1) is 34.6. The lowest BCUT2D eigenvalue weighted by Gasteiger charge is -2.29. The Labute approximate surface area is 412 Å². The molecule has 2 unspecified atom stereocenters. The molecule has 2 fully saturated rings. The summed E-state index contributed by atoms with van der Waals surface area (Å²) in [5.41, 5.74) is -7.70. The molecule has 4 amide bonds. The predicted octanol–water partition coefficient (Wildman–Crippen LogP) is -2.17. The number of carbonyl (C=O) groups excluding carboxylic acids is 5. The van der Waals surface area contributed by atoms with Gasteiger partial charge in [0.15, 0.2) is 12.3 Å². The molecule has 2 saturated heterocycles. The summed E-state index contributed by atoms with van der Waals surface area (Å²) in [4.78, 5) is 151. The molecule has 0 radical (unpaired) electrons. The van der Waals surface area contributed by atoms with Gasteiger partial charge in [0.05, 0.1) is 46.6 Å². The van der Waals surface area contributed by atoms with Gasteiger partial charge in [0.2, 0.25) is 0 Å². The van der Waals surface area contributed by atoms with Crippen molar-refractivity contribution in [1.29, 1.82) is 0 Å². The summed E-state index contributed by atoms with van der Waals surface area (Å²) in [5.74, 6) is -3.40. The second kappa shape index (κ2) is 29.2. The molecule has 2 aromatic heterocycles. The van der Waals surface area contributed by atoms with Crippen LogP contribution in [0, 0.1) is 0 Å². The normalized spacial score (nSPS) is 15.5. The van der Waals surface area contributed by atoms with Crippen LogP contribution in [0.1, 0.15) is 79.1 Å². The molecule has 2 aromatic rings. The van der Waals surface area contributed by atoms with Gasteiger partial charge in [-0.1, -0.05) is 53.4 Å². The van der Waals surface area contributed by atoms with E-state index >= 15 is 0 Å². The number of hydrogen-bond acceptors (Lipinski definition) is 19. The van der Waals surface area contributed by atoms with Crippen LogP contribution in [0.15, 0.2) is 28.8 Å². The summed E-state index contributed by atoms with van der Waals surface area (Å²) in [6.45, 7) is 1.25. The SMILES string of the molecule is CCCCOCN1C(=O)N(COCCCC)C2C1N(COCCCC)C(=O)N2COCCn1c(=O)n(CCO)c(=O)n(CCOC(=O)Cn2c(=O)n(CC(=O)OC)c(=O)n(CC(=O)OCCCC)c2=O)c1=O. The molecule has 29 heteroatoms. The minimum atomic E-state index is -1.43. The highest BCUT2D eigenvalue weighted by atomic mass is 16.5. The maximum atomic E-state index is 14.1. The molecule has 0 aliphatic carbocycles. The van der Waals surface area contributed by atoms with Gasteiger partial charge in [-0.2, -0.15) is 0 Å². The molecular weight excluding hydrogens is 961 g/mol. The smallest absolute Gasteiger partial charge is 0.337 e. The minimum absolute atomic E-state index is 0.0313. The molecule has 404 valence electrons. The number of aromatic nitrogens is 6. The third-order valence-electron chi connectivity index (χ3n) is 11.4. The van der Waals surface area contributed by atoms with Crippen LogP contribution in [0.2, 0.25) is 0 Å². The number of amides is 4. The molecule has 0 aromatic carbocycles. The molecule has 0 spiro atoms. The van der Waals surface area contributed by atoms with Crippen LogP contribution in [0.4, 0.5) is 9.59 Å². The van der Waals surface area contributed by atoms with Crippen molar-refractivity contribution >= 4 is 30.0 Å². The minimum Gasteiger partial charge on any atom is -0.468 e. The zero-order chi connectivity index (χ0) is 52.9. The van der Waals surface area contributed by atoms with E-state index in [4.69, 9.17) is 28.4 Å². The van der Waals surface area contributed by atoms with Gasteiger partial charge in [-0.15, -0.1) is 0 Å². The van der Waals surface area contributed by atoms with Crippen molar-refractivity contribution in [2.24, 2.45) is 0 Å². The van der Waals surface area contributed by atoms with Gasteiger partial charge < -0.3 is 38.3 Å². The lowest BCUT2D eigenvalue weighted by atomic mass is 10.3. The molecule has 2 aliphatic rings. The van der Waals surface area contributed by atoms with Crippen molar-refractivity contribution in [3.8, 4) is 0 Å². The Kier molecular flexibility index (Phi) is 23.6. The van der Waals surface area contributed by atoms with Gasteiger partial charge in [-0.05, 0) is 25.7 Å². The number of aliphatic hydroxyl groups excluding tert-OH is 1. The van der Waals surface area contributed by atoms with E-state index in [0.29, 0.717) is 46.4 Å². The van der Waals surface area contributed by atoms with Gasteiger partial charge in [0.25, 0.3) is 0 Å². The number of aliphatic hydroxyl groups is 1. The predicted molar refractivity (Wildman–Crippen MR) is 248 cm³/mol. The quantitative estimate of drug-likeness (QED) is 0.0443. The first-order valence-corrected chi connectivity index (χ1v) is 24.0. The van der Waals surface area contributed by atoms with Crippen LogP contribution in [0.5, 0.6) is 0 Å². The van der Waals surface area contributed by atoms with Crippen molar-refractivity contribution in [3.05, 3.63) is 62.9 Å². The van der Waals surface area contributed by atoms with Crippen LogP contribution < -0.4 is 34.1 Å². The molecule has 72 heavy (non-hydrogen) atoms. The summed E-state index contributed by atoms with van der Waals surface area (Å²) >= 11 is 0. The van der Waals surface area contributed by atoms with Gasteiger partial charge >= 0.3 is 64.1 Å². The molecule has 29 nitrogen and oxygen atoms in total. The summed E-state index contributed by atoms with van der Waals surface area (Å²) < 4.78 is 40.6. The van der Waals surface area contributed by atoms with E-state index in [-0.39, 0.29) is 40.5 Å². The van der Waals surface area contributed by atoms with E-state index in [1.807, 2.05) is 27.7 Å². The van der Waals surface area contributed by atoms with E-state index in [1.54, 1.807) is 0 Å². The summed E-state index contributed by atoms with van der Waals surface area (Å²) in [6.07, 6.45) is 4.09. The van der Waals surface area contributed by atoms with Gasteiger partial charge in [-0.25, -0.2) is 65.8 Å². The largest absolute Gasteiger partial charge is 0.468 e. The van der Waals surface area contributed by atoms with Crippen LogP contribution >= 0.6 is 0 Å². The molecule has 1 N–H and O–H groups in total. The number of ether oxygens (including phenoxy) is 7. The second-order valence-electron chi connectivity index (χ2n) is 16.5. The maximum absolute atomic E-state index is 14.1. The molecule has 2 aliphatic heterocycles. The number of nitrogens with zero attached hydrogens (tertiary/aromatic N) is 10. The third kappa shape index (κ3) is 14.6. The van der Waals surface area contributed by atoms with Gasteiger partial charge in [0, 0.05) is 19.8 Å². The number of hydrogen-bond donors (Lipinski definition) is 1.